The molecule has 1 atom stereocenters. The van der Waals surface area contributed by atoms with Gasteiger partial charge in [0.25, 0.3) is 0 Å². The van der Waals surface area contributed by atoms with Crippen molar-refractivity contribution in [1.29, 1.82) is 0 Å². The number of hydrogen-bond donors (Lipinski definition) is 1. The summed E-state index contributed by atoms with van der Waals surface area (Å²) in [6.07, 6.45) is 2.68. The molecule has 0 amide bonds. The van der Waals surface area contributed by atoms with Gasteiger partial charge in [0.05, 0.1) is 32.2 Å². The lowest BCUT2D eigenvalue weighted by Gasteiger charge is -2.20. The average Bonchev–Trinajstić information content (AvgIpc) is 3.00. The first kappa shape index (κ1) is 21.5. The predicted molar refractivity (Wildman–Crippen MR) is 97.4 cm³/mol. The second-order valence-electron chi connectivity index (χ2n) is 4.88. The summed E-state index contributed by atoms with van der Waals surface area (Å²) in [6, 6.07) is 0. The van der Waals surface area contributed by atoms with Gasteiger partial charge in [-0.15, -0.1) is 0 Å². The number of ether oxygens (including phenoxy) is 1. The molecule has 0 bridgehead atoms. The highest BCUT2D eigenvalue weighted by molar-refractivity contribution is 7.53. The van der Waals surface area contributed by atoms with Crippen LogP contribution in [0.2, 0.25) is 0 Å². The molecule has 2 aromatic heterocycles. The highest BCUT2D eigenvalue weighted by atomic mass is 31.2. The SMILES string of the molecule is CC.CCOP(=O)(COC(C)Cn1cnc2c(N)ncnc21)OCC. The van der Waals surface area contributed by atoms with Gasteiger partial charge in [0.1, 0.15) is 18.2 Å². The summed E-state index contributed by atoms with van der Waals surface area (Å²) in [6.45, 7) is 10.5. The van der Waals surface area contributed by atoms with Crippen LogP contribution in [0.25, 0.3) is 11.2 Å². The topological polar surface area (TPSA) is 114 Å². The summed E-state index contributed by atoms with van der Waals surface area (Å²) in [5.74, 6) is 0.333. The number of fused-ring (bicyclic) bond motifs is 1. The number of nitrogen functional groups attached to an aromatic ring is 1. The van der Waals surface area contributed by atoms with E-state index in [-0.39, 0.29) is 12.5 Å². The molecule has 0 saturated carbocycles. The van der Waals surface area contributed by atoms with E-state index < -0.39 is 7.60 Å². The Labute approximate surface area is 148 Å². The molecular formula is C15H28N5O4P. The van der Waals surface area contributed by atoms with Crippen LogP contribution in [0.4, 0.5) is 5.82 Å². The van der Waals surface area contributed by atoms with E-state index in [0.29, 0.717) is 36.7 Å². The van der Waals surface area contributed by atoms with E-state index >= 15 is 0 Å². The minimum absolute atomic E-state index is 0.0976. The molecule has 0 aromatic carbocycles. The lowest BCUT2D eigenvalue weighted by molar-refractivity contribution is 0.0672. The van der Waals surface area contributed by atoms with Crippen molar-refractivity contribution in [2.24, 2.45) is 0 Å². The number of nitrogens with two attached hydrogens (primary N) is 1. The third-order valence-corrected chi connectivity index (χ3v) is 4.82. The van der Waals surface area contributed by atoms with E-state index in [1.165, 1.54) is 6.33 Å². The van der Waals surface area contributed by atoms with Crippen molar-refractivity contribution in [1.82, 2.24) is 19.5 Å². The minimum Gasteiger partial charge on any atom is -0.382 e. The van der Waals surface area contributed by atoms with Crippen LogP contribution in [0.1, 0.15) is 34.6 Å². The van der Waals surface area contributed by atoms with E-state index in [9.17, 15) is 4.57 Å². The van der Waals surface area contributed by atoms with Gasteiger partial charge in [-0.3, -0.25) is 4.57 Å². The molecule has 2 N–H and O–H groups in total. The molecule has 0 aliphatic rings. The number of nitrogens with zero attached hydrogens (tertiary/aromatic N) is 4. The Balaban J connectivity index is 0.00000151. The predicted octanol–water partition coefficient (Wildman–Crippen LogP) is 3.06. The van der Waals surface area contributed by atoms with Crippen LogP contribution in [0, 0.1) is 0 Å². The molecule has 0 radical (unpaired) electrons. The lowest BCUT2D eigenvalue weighted by Crippen LogP contribution is -2.18. The molecule has 2 aromatic rings. The monoisotopic (exact) mass is 373 g/mol. The van der Waals surface area contributed by atoms with Gasteiger partial charge in [-0.2, -0.15) is 0 Å². The minimum atomic E-state index is -3.21. The molecule has 10 heteroatoms. The number of imidazole rings is 1. The summed E-state index contributed by atoms with van der Waals surface area (Å²) in [5.41, 5.74) is 6.93. The third-order valence-electron chi connectivity index (χ3n) is 3.05. The maximum absolute atomic E-state index is 12.4. The van der Waals surface area contributed by atoms with Crippen LogP contribution in [0.5, 0.6) is 0 Å². The van der Waals surface area contributed by atoms with Crippen LogP contribution in [0.15, 0.2) is 12.7 Å². The van der Waals surface area contributed by atoms with Gasteiger partial charge < -0.3 is 24.1 Å². The molecule has 1 unspecified atom stereocenters. The second-order valence-corrected chi connectivity index (χ2v) is 6.88. The fourth-order valence-electron chi connectivity index (χ4n) is 2.09. The quantitative estimate of drug-likeness (QED) is 0.667. The van der Waals surface area contributed by atoms with Crippen molar-refractivity contribution in [3.63, 3.8) is 0 Å². The number of anilines is 1. The molecule has 25 heavy (non-hydrogen) atoms. The largest absolute Gasteiger partial charge is 0.382 e. The van der Waals surface area contributed by atoms with E-state index in [0.717, 1.165) is 0 Å². The number of rotatable bonds is 9. The second kappa shape index (κ2) is 10.5. The molecule has 142 valence electrons. The fraction of sp³-hybridized carbons (Fsp3) is 0.667. The van der Waals surface area contributed by atoms with Gasteiger partial charge in [0.15, 0.2) is 11.5 Å². The summed E-state index contributed by atoms with van der Waals surface area (Å²) in [5, 5.41) is 0. The van der Waals surface area contributed by atoms with Crippen molar-refractivity contribution in [2.75, 3.05) is 25.3 Å². The first-order chi connectivity index (χ1) is 12.0. The zero-order valence-electron chi connectivity index (χ0n) is 15.5. The van der Waals surface area contributed by atoms with Gasteiger partial charge in [-0.1, -0.05) is 13.8 Å². The van der Waals surface area contributed by atoms with E-state index in [1.54, 1.807) is 20.2 Å². The molecule has 2 rings (SSSR count). The van der Waals surface area contributed by atoms with Gasteiger partial charge in [0.2, 0.25) is 0 Å². The molecule has 0 fully saturated rings. The Bertz CT molecular complexity index is 684. The zero-order chi connectivity index (χ0) is 18.9. The highest BCUT2D eigenvalue weighted by Crippen LogP contribution is 2.48. The van der Waals surface area contributed by atoms with E-state index in [2.05, 4.69) is 15.0 Å². The van der Waals surface area contributed by atoms with Gasteiger partial charge in [0, 0.05) is 0 Å². The highest BCUT2D eigenvalue weighted by Gasteiger charge is 2.25. The van der Waals surface area contributed by atoms with Gasteiger partial charge >= 0.3 is 7.60 Å². The summed E-state index contributed by atoms with van der Waals surface area (Å²) in [7, 11) is -3.21. The standard InChI is InChI=1S/C13H22N5O4P.C2H6/c1-4-21-23(19,22-5-2)9-20-10(3)6-18-8-17-11-12(14)15-7-16-13(11)18;1-2/h7-8,10H,4-6,9H2,1-3H3,(H2,14,15,16);1-2H3. The molecule has 0 aliphatic carbocycles. The van der Waals surface area contributed by atoms with Crippen molar-refractivity contribution < 1.29 is 18.3 Å². The average molecular weight is 373 g/mol. The molecular weight excluding hydrogens is 345 g/mol. The number of aromatic nitrogens is 4. The molecule has 2 heterocycles. The van der Waals surface area contributed by atoms with Crippen molar-refractivity contribution in [3.8, 4) is 0 Å². The van der Waals surface area contributed by atoms with Crippen LogP contribution < -0.4 is 5.73 Å². The smallest absolute Gasteiger partial charge is 0.356 e. The number of hydrogen-bond acceptors (Lipinski definition) is 8. The lowest BCUT2D eigenvalue weighted by atomic mass is 10.4. The molecule has 0 spiro atoms. The van der Waals surface area contributed by atoms with E-state index in [1.807, 2.05) is 25.3 Å². The van der Waals surface area contributed by atoms with Crippen molar-refractivity contribution in [2.45, 2.75) is 47.3 Å². The van der Waals surface area contributed by atoms with Crippen molar-refractivity contribution in [3.05, 3.63) is 12.7 Å². The summed E-state index contributed by atoms with van der Waals surface area (Å²) >= 11 is 0. The van der Waals surface area contributed by atoms with Crippen LogP contribution in [-0.4, -0.2) is 45.2 Å². The Kier molecular flexibility index (Phi) is 8.99. The summed E-state index contributed by atoms with van der Waals surface area (Å²) < 4.78 is 30.2. The van der Waals surface area contributed by atoms with Crippen molar-refractivity contribution >= 4 is 24.6 Å². The summed E-state index contributed by atoms with van der Waals surface area (Å²) in [4.78, 5) is 12.3. The first-order valence-corrected chi connectivity index (χ1v) is 10.1. The Morgan fingerprint density at radius 3 is 2.44 bits per heavy atom. The van der Waals surface area contributed by atoms with Crippen LogP contribution >= 0.6 is 7.60 Å². The Morgan fingerprint density at radius 1 is 1.20 bits per heavy atom. The molecule has 0 aliphatic heterocycles. The zero-order valence-corrected chi connectivity index (χ0v) is 16.4. The third kappa shape index (κ3) is 6.04. The van der Waals surface area contributed by atoms with E-state index in [4.69, 9.17) is 19.5 Å². The first-order valence-electron chi connectivity index (χ1n) is 8.40. The normalized spacial score (nSPS) is 12.7. The Morgan fingerprint density at radius 2 is 1.84 bits per heavy atom. The maximum Gasteiger partial charge on any atom is 0.356 e. The van der Waals surface area contributed by atoms with Gasteiger partial charge in [-0.25, -0.2) is 15.0 Å². The van der Waals surface area contributed by atoms with Gasteiger partial charge in [-0.05, 0) is 20.8 Å². The molecule has 0 saturated heterocycles. The maximum atomic E-state index is 12.4. The Hall–Kier alpha value is -1.54. The fourth-order valence-corrected chi connectivity index (χ4v) is 3.53. The molecule has 9 nitrogen and oxygen atoms in total. The van der Waals surface area contributed by atoms with Crippen LogP contribution in [-0.2, 0) is 24.9 Å². The van der Waals surface area contributed by atoms with Crippen LogP contribution in [0.3, 0.4) is 0 Å².